The van der Waals surface area contributed by atoms with E-state index >= 15 is 0 Å². The van der Waals surface area contributed by atoms with E-state index in [-0.39, 0.29) is 5.69 Å². The average Bonchev–Trinajstić information content (AvgIpc) is 3.12. The van der Waals surface area contributed by atoms with Gasteiger partial charge in [0.15, 0.2) is 5.69 Å². The van der Waals surface area contributed by atoms with Gasteiger partial charge in [0.05, 0.1) is 22.1 Å². The van der Waals surface area contributed by atoms with E-state index in [9.17, 15) is 18.0 Å². The lowest BCUT2D eigenvalue weighted by Crippen LogP contribution is -2.25. The highest BCUT2D eigenvalue weighted by atomic mass is 32.2. The zero-order valence-electron chi connectivity index (χ0n) is 15.4. The lowest BCUT2D eigenvalue weighted by Gasteiger charge is -2.15. The third-order valence-electron chi connectivity index (χ3n) is 4.78. The van der Waals surface area contributed by atoms with Crippen molar-refractivity contribution in [3.63, 3.8) is 0 Å². The maximum absolute atomic E-state index is 12.2. The van der Waals surface area contributed by atoms with E-state index in [1.165, 1.54) is 0 Å². The summed E-state index contributed by atoms with van der Waals surface area (Å²) in [6, 6.07) is 7.06. The van der Waals surface area contributed by atoms with Crippen molar-refractivity contribution in [2.75, 3.05) is 0 Å². The largest absolute Gasteiger partial charge is 0.360 e. The van der Waals surface area contributed by atoms with Gasteiger partial charge >= 0.3 is 5.69 Å². The molecule has 4 rings (SSSR count). The summed E-state index contributed by atoms with van der Waals surface area (Å²) in [5.41, 5.74) is 3.71. The summed E-state index contributed by atoms with van der Waals surface area (Å²) in [4.78, 5) is 33.3. The number of rotatable bonds is 3. The molecule has 0 fully saturated rings. The summed E-state index contributed by atoms with van der Waals surface area (Å²) < 4.78 is 22.9. The molecule has 29 heavy (non-hydrogen) atoms. The maximum atomic E-state index is 12.2. The van der Waals surface area contributed by atoms with Crippen LogP contribution in [0.1, 0.15) is 16.7 Å². The third kappa shape index (κ3) is 3.29. The fraction of sp³-hybridized carbons (Fsp3) is 0.105. The number of nitrogens with zero attached hydrogens (tertiary/aromatic N) is 2. The molecule has 3 aromatic heterocycles. The molecule has 146 valence electrons. The number of hydrogen-bond acceptors (Lipinski definition) is 6. The van der Waals surface area contributed by atoms with Crippen LogP contribution in [-0.4, -0.2) is 38.9 Å². The van der Waals surface area contributed by atoms with Crippen LogP contribution in [0.3, 0.4) is 0 Å². The average molecular weight is 409 g/mol. The predicted octanol–water partition coefficient (Wildman–Crippen LogP) is 1.31. The lowest BCUT2D eigenvalue weighted by atomic mass is 9.90. The molecule has 4 aromatic rings. The van der Waals surface area contributed by atoms with Crippen molar-refractivity contribution in [1.82, 2.24) is 25.1 Å². The summed E-state index contributed by atoms with van der Waals surface area (Å²) in [5, 5.41) is 7.10. The third-order valence-corrected chi connectivity index (χ3v) is 5.23. The highest BCUT2D eigenvalue weighted by Crippen LogP contribution is 2.33. The molecule has 0 spiro atoms. The van der Waals surface area contributed by atoms with Crippen LogP contribution in [0, 0.1) is 13.8 Å². The zero-order chi connectivity index (χ0) is 20.7. The number of aromatic nitrogens is 5. The van der Waals surface area contributed by atoms with Gasteiger partial charge in [0, 0.05) is 22.9 Å². The number of fused-ring (bicyclic) bond motifs is 1. The second-order valence-electron chi connectivity index (χ2n) is 6.48. The molecule has 0 amide bonds. The Kier molecular flexibility index (Phi) is 4.47. The Labute approximate surface area is 165 Å². The SMILES string of the molecule is Cc1c(-c2n[nH]c(=O)[nH]c2=O)cc(C=S(=O)=O)c(-c2ccc3[nH]ccc3n2)c1C. The van der Waals surface area contributed by atoms with Gasteiger partial charge in [0.1, 0.15) is 0 Å². The molecule has 9 nitrogen and oxygen atoms in total. The van der Waals surface area contributed by atoms with E-state index in [2.05, 4.69) is 25.1 Å². The van der Waals surface area contributed by atoms with Crippen LogP contribution in [0.25, 0.3) is 33.5 Å². The normalized spacial score (nSPS) is 11.0. The Morgan fingerprint density at radius 2 is 1.86 bits per heavy atom. The van der Waals surface area contributed by atoms with Gasteiger partial charge in [-0.15, -0.1) is 0 Å². The number of nitrogens with one attached hydrogen (secondary N) is 3. The van der Waals surface area contributed by atoms with Crippen molar-refractivity contribution in [1.29, 1.82) is 0 Å². The van der Waals surface area contributed by atoms with Crippen LogP contribution in [0.4, 0.5) is 0 Å². The van der Waals surface area contributed by atoms with E-state index in [0.29, 0.717) is 22.4 Å². The molecule has 0 radical (unpaired) electrons. The van der Waals surface area contributed by atoms with Crippen LogP contribution in [0.15, 0.2) is 40.1 Å². The topological polar surface area (TPSA) is 141 Å². The molecule has 0 saturated heterocycles. The molecule has 3 N–H and O–H groups in total. The van der Waals surface area contributed by atoms with Crippen molar-refractivity contribution in [3.05, 3.63) is 68.0 Å². The first-order valence-corrected chi connectivity index (χ1v) is 9.70. The second-order valence-corrected chi connectivity index (χ2v) is 7.24. The first-order valence-electron chi connectivity index (χ1n) is 8.56. The molecule has 0 unspecified atom stereocenters. The number of aromatic amines is 3. The highest BCUT2D eigenvalue weighted by molar-refractivity contribution is 7.71. The molecule has 3 heterocycles. The van der Waals surface area contributed by atoms with Crippen LogP contribution in [0.5, 0.6) is 0 Å². The summed E-state index contributed by atoms with van der Waals surface area (Å²) in [6.45, 7) is 3.62. The summed E-state index contributed by atoms with van der Waals surface area (Å²) >= 11 is 0. The molecule has 1 aromatic carbocycles. The Morgan fingerprint density at radius 1 is 1.07 bits per heavy atom. The Morgan fingerprint density at radius 3 is 2.59 bits per heavy atom. The van der Waals surface area contributed by atoms with Crippen molar-refractivity contribution in [2.45, 2.75) is 13.8 Å². The number of benzene rings is 1. The quantitative estimate of drug-likeness (QED) is 0.436. The fourth-order valence-corrected chi connectivity index (χ4v) is 3.72. The van der Waals surface area contributed by atoms with Crippen molar-refractivity contribution < 1.29 is 8.42 Å². The van der Waals surface area contributed by atoms with Crippen LogP contribution in [0.2, 0.25) is 0 Å². The molecule has 0 bridgehead atoms. The van der Waals surface area contributed by atoms with Gasteiger partial charge < -0.3 is 4.98 Å². The first kappa shape index (κ1) is 18.6. The summed E-state index contributed by atoms with van der Waals surface area (Å²) in [5.74, 6) is 0. The molecule has 10 heteroatoms. The fourth-order valence-electron chi connectivity index (χ4n) is 3.33. The first-order chi connectivity index (χ1) is 13.8. The Balaban J connectivity index is 2.06. The summed E-state index contributed by atoms with van der Waals surface area (Å²) in [7, 11) is -2.48. The molecular formula is C19H15N5O4S. The van der Waals surface area contributed by atoms with E-state index < -0.39 is 21.5 Å². The van der Waals surface area contributed by atoms with Crippen molar-refractivity contribution >= 4 is 26.7 Å². The van der Waals surface area contributed by atoms with Crippen molar-refractivity contribution in [3.8, 4) is 22.5 Å². The van der Waals surface area contributed by atoms with E-state index in [1.54, 1.807) is 25.3 Å². The van der Waals surface area contributed by atoms with Gasteiger partial charge in [-0.1, -0.05) is 0 Å². The van der Waals surface area contributed by atoms with Gasteiger partial charge in [-0.05, 0) is 49.2 Å². The molecule has 0 aliphatic heterocycles. The smallest absolute Gasteiger partial charge is 0.342 e. The molecule has 0 aliphatic rings. The van der Waals surface area contributed by atoms with Crippen LogP contribution >= 0.6 is 0 Å². The standard InChI is InChI=1S/C19H15N5O4S/c1-9-10(2)16(15-4-3-13-14(21-15)5-6-20-13)11(8-29(27)28)7-12(9)17-18(25)22-19(26)24-23-17/h3-8,20H,1-2H3,(H2,22,24,25,26). The Hall–Kier alpha value is -3.79. The van der Waals surface area contributed by atoms with E-state index in [4.69, 9.17) is 0 Å². The minimum absolute atomic E-state index is 0.00266. The Bertz CT molecular complexity index is 1520. The van der Waals surface area contributed by atoms with E-state index in [0.717, 1.165) is 27.5 Å². The molecule has 0 aliphatic carbocycles. The van der Waals surface area contributed by atoms with E-state index in [1.807, 2.05) is 19.1 Å². The maximum Gasteiger partial charge on any atom is 0.342 e. The summed E-state index contributed by atoms with van der Waals surface area (Å²) in [6.07, 6.45) is 1.77. The van der Waals surface area contributed by atoms with Gasteiger partial charge in [-0.3, -0.25) is 9.78 Å². The van der Waals surface area contributed by atoms with Crippen LogP contribution in [-0.2, 0) is 10.3 Å². The van der Waals surface area contributed by atoms with Gasteiger partial charge in [-0.2, -0.15) is 13.5 Å². The van der Waals surface area contributed by atoms with Gasteiger partial charge in [0.2, 0.25) is 10.3 Å². The zero-order valence-corrected chi connectivity index (χ0v) is 16.2. The van der Waals surface area contributed by atoms with Gasteiger partial charge in [-0.25, -0.2) is 14.9 Å². The molecule has 0 atom stereocenters. The molecule has 0 saturated carbocycles. The van der Waals surface area contributed by atoms with Crippen molar-refractivity contribution in [2.24, 2.45) is 0 Å². The minimum Gasteiger partial charge on any atom is -0.360 e. The lowest BCUT2D eigenvalue weighted by molar-refractivity contribution is 0.627. The van der Waals surface area contributed by atoms with Crippen LogP contribution < -0.4 is 11.2 Å². The number of hydrogen-bond donors (Lipinski definition) is 3. The van der Waals surface area contributed by atoms with Gasteiger partial charge in [0.25, 0.3) is 5.56 Å². The molecular weight excluding hydrogens is 394 g/mol. The number of H-pyrrole nitrogens is 3. The number of pyridine rings is 1. The monoisotopic (exact) mass is 409 g/mol. The highest BCUT2D eigenvalue weighted by Gasteiger charge is 2.18. The second kappa shape index (κ2) is 6.99. The predicted molar refractivity (Wildman–Crippen MR) is 110 cm³/mol. The minimum atomic E-state index is -2.48.